The van der Waals surface area contributed by atoms with E-state index in [1.54, 1.807) is 42.7 Å². The van der Waals surface area contributed by atoms with Gasteiger partial charge in [-0.2, -0.15) is 0 Å². The van der Waals surface area contributed by atoms with Crippen molar-refractivity contribution in [3.05, 3.63) is 83.4 Å². The standard InChI is InChI=1S/C26H24ClF3N4O2.ClH/c1-25(2,15-32-14-16-3-6-19(7-4-16)36-26(28,29)30)24-33-22(17-9-11-31-12-10-17)23(34-24)18-5-8-20(27)21(35)13-18;/h3-13,32,35H,14-15H2,1-2H3,(H,33,34);1H. The van der Waals surface area contributed by atoms with Crippen LogP contribution in [-0.4, -0.2) is 33.0 Å². The Morgan fingerprint density at radius 2 is 1.68 bits per heavy atom. The van der Waals surface area contributed by atoms with Crippen LogP contribution >= 0.6 is 24.0 Å². The van der Waals surface area contributed by atoms with Crippen molar-refractivity contribution in [3.8, 4) is 34.0 Å². The summed E-state index contributed by atoms with van der Waals surface area (Å²) in [5.74, 6) is 0.429. The number of benzene rings is 2. The van der Waals surface area contributed by atoms with Crippen molar-refractivity contribution < 1.29 is 23.0 Å². The lowest BCUT2D eigenvalue weighted by Crippen LogP contribution is -2.33. The van der Waals surface area contributed by atoms with Crippen LogP contribution in [0, 0.1) is 0 Å². The van der Waals surface area contributed by atoms with Crippen LogP contribution in [-0.2, 0) is 12.0 Å². The number of aromatic hydroxyl groups is 1. The average molecular weight is 553 g/mol. The topological polar surface area (TPSA) is 83.1 Å². The molecule has 0 spiro atoms. The zero-order chi connectivity index (χ0) is 25.9. The molecule has 0 atom stereocenters. The zero-order valence-corrected chi connectivity index (χ0v) is 21.5. The summed E-state index contributed by atoms with van der Waals surface area (Å²) in [5, 5.41) is 13.7. The first kappa shape index (κ1) is 28.3. The molecular weight excluding hydrogens is 528 g/mol. The monoisotopic (exact) mass is 552 g/mol. The largest absolute Gasteiger partial charge is 0.573 e. The number of nitrogens with zero attached hydrogens (tertiary/aromatic N) is 2. The fourth-order valence-corrected chi connectivity index (χ4v) is 3.82. The van der Waals surface area contributed by atoms with Crippen molar-refractivity contribution in [2.24, 2.45) is 0 Å². The molecule has 2 heterocycles. The number of ether oxygens (including phenoxy) is 1. The Bertz CT molecular complexity index is 1330. The highest BCUT2D eigenvalue weighted by Crippen LogP contribution is 2.36. The number of alkyl halides is 3. The number of H-pyrrole nitrogens is 1. The van der Waals surface area contributed by atoms with Gasteiger partial charge in [0, 0.05) is 42.0 Å². The van der Waals surface area contributed by atoms with Crippen LogP contribution in [0.3, 0.4) is 0 Å². The first-order valence-corrected chi connectivity index (χ1v) is 11.4. The maximum Gasteiger partial charge on any atom is 0.573 e. The van der Waals surface area contributed by atoms with E-state index < -0.39 is 11.8 Å². The predicted molar refractivity (Wildman–Crippen MR) is 139 cm³/mol. The summed E-state index contributed by atoms with van der Waals surface area (Å²) in [6.07, 6.45) is -1.33. The molecule has 0 aliphatic carbocycles. The predicted octanol–water partition coefficient (Wildman–Crippen LogP) is 6.89. The minimum Gasteiger partial charge on any atom is -0.506 e. The van der Waals surface area contributed by atoms with Gasteiger partial charge in [-0.15, -0.1) is 25.6 Å². The van der Waals surface area contributed by atoms with E-state index in [0.29, 0.717) is 24.3 Å². The molecule has 0 amide bonds. The Balaban J connectivity index is 0.00000380. The second-order valence-corrected chi connectivity index (χ2v) is 9.30. The Kier molecular flexibility index (Phi) is 8.73. The van der Waals surface area contributed by atoms with E-state index in [-0.39, 0.29) is 28.9 Å². The minimum absolute atomic E-state index is 0. The molecule has 37 heavy (non-hydrogen) atoms. The molecule has 0 saturated heterocycles. The van der Waals surface area contributed by atoms with Gasteiger partial charge in [0.2, 0.25) is 0 Å². The minimum atomic E-state index is -4.72. The molecule has 4 aromatic rings. The lowest BCUT2D eigenvalue weighted by Gasteiger charge is -2.23. The molecule has 196 valence electrons. The summed E-state index contributed by atoms with van der Waals surface area (Å²) < 4.78 is 41.0. The molecule has 0 saturated carbocycles. The summed E-state index contributed by atoms with van der Waals surface area (Å²) in [7, 11) is 0. The Labute approximate surface area is 223 Å². The lowest BCUT2D eigenvalue weighted by atomic mass is 9.92. The van der Waals surface area contributed by atoms with Crippen LogP contribution in [0.25, 0.3) is 22.5 Å². The Hall–Kier alpha value is -3.27. The highest BCUT2D eigenvalue weighted by molar-refractivity contribution is 6.32. The SMILES string of the molecule is CC(C)(CNCc1ccc(OC(F)(F)F)cc1)c1nc(-c2ccc(Cl)c(O)c2)c(-c2ccncc2)[nH]1.Cl. The molecule has 2 aromatic carbocycles. The van der Waals surface area contributed by atoms with Gasteiger partial charge in [-0.3, -0.25) is 4.98 Å². The number of phenols is 1. The zero-order valence-electron chi connectivity index (χ0n) is 19.9. The van der Waals surface area contributed by atoms with Crippen molar-refractivity contribution in [2.45, 2.75) is 32.2 Å². The lowest BCUT2D eigenvalue weighted by molar-refractivity contribution is -0.274. The second kappa shape index (κ2) is 11.4. The van der Waals surface area contributed by atoms with Gasteiger partial charge in [-0.1, -0.05) is 43.6 Å². The van der Waals surface area contributed by atoms with Crippen molar-refractivity contribution in [3.63, 3.8) is 0 Å². The number of phenolic OH excluding ortho intramolecular Hbond substituents is 1. The van der Waals surface area contributed by atoms with E-state index >= 15 is 0 Å². The highest BCUT2D eigenvalue weighted by atomic mass is 35.5. The summed E-state index contributed by atoms with van der Waals surface area (Å²) >= 11 is 6.00. The molecule has 0 aliphatic rings. The van der Waals surface area contributed by atoms with E-state index in [4.69, 9.17) is 16.6 Å². The molecule has 0 aliphatic heterocycles. The maximum atomic E-state index is 12.4. The molecule has 4 rings (SSSR count). The van der Waals surface area contributed by atoms with E-state index in [0.717, 1.165) is 22.6 Å². The second-order valence-electron chi connectivity index (χ2n) is 8.89. The van der Waals surface area contributed by atoms with Crippen molar-refractivity contribution in [2.75, 3.05) is 6.54 Å². The fourth-order valence-electron chi connectivity index (χ4n) is 3.70. The van der Waals surface area contributed by atoms with Crippen molar-refractivity contribution >= 4 is 24.0 Å². The van der Waals surface area contributed by atoms with Crippen molar-refractivity contribution in [1.82, 2.24) is 20.3 Å². The van der Waals surface area contributed by atoms with Gasteiger partial charge in [-0.25, -0.2) is 4.98 Å². The van der Waals surface area contributed by atoms with Crippen LogP contribution in [0.1, 0.15) is 25.2 Å². The van der Waals surface area contributed by atoms with E-state index in [2.05, 4.69) is 20.0 Å². The fraction of sp³-hybridized carbons (Fsp3) is 0.231. The Morgan fingerprint density at radius 1 is 1.00 bits per heavy atom. The Morgan fingerprint density at radius 3 is 2.30 bits per heavy atom. The van der Waals surface area contributed by atoms with Gasteiger partial charge in [0.1, 0.15) is 17.3 Å². The van der Waals surface area contributed by atoms with Gasteiger partial charge in [0.15, 0.2) is 0 Å². The molecular formula is C26H25Cl2F3N4O2. The maximum absolute atomic E-state index is 12.4. The molecule has 0 radical (unpaired) electrons. The third-order valence-electron chi connectivity index (χ3n) is 5.59. The van der Waals surface area contributed by atoms with E-state index in [9.17, 15) is 18.3 Å². The van der Waals surface area contributed by atoms with Crippen molar-refractivity contribution in [1.29, 1.82) is 0 Å². The smallest absolute Gasteiger partial charge is 0.506 e. The van der Waals surface area contributed by atoms with Gasteiger partial charge in [0.25, 0.3) is 0 Å². The van der Waals surface area contributed by atoms with Gasteiger partial charge in [-0.05, 0) is 42.0 Å². The molecule has 3 N–H and O–H groups in total. The normalized spacial score (nSPS) is 11.7. The molecule has 0 unspecified atom stereocenters. The highest BCUT2D eigenvalue weighted by Gasteiger charge is 2.31. The number of hydrogen-bond donors (Lipinski definition) is 3. The number of imidazole rings is 1. The molecule has 6 nitrogen and oxygen atoms in total. The van der Waals surface area contributed by atoms with E-state index in [1.165, 1.54) is 12.1 Å². The number of hydrogen-bond acceptors (Lipinski definition) is 5. The number of pyridine rings is 1. The summed E-state index contributed by atoms with van der Waals surface area (Å²) in [6, 6.07) is 14.5. The number of aromatic nitrogens is 3. The third-order valence-corrected chi connectivity index (χ3v) is 5.91. The first-order valence-electron chi connectivity index (χ1n) is 11.1. The number of aromatic amines is 1. The van der Waals surface area contributed by atoms with Gasteiger partial charge < -0.3 is 20.1 Å². The number of rotatable bonds is 8. The van der Waals surface area contributed by atoms with Crippen LogP contribution in [0.2, 0.25) is 5.02 Å². The number of halogens is 5. The molecule has 11 heteroatoms. The third kappa shape index (κ3) is 7.15. The quantitative estimate of drug-likeness (QED) is 0.222. The van der Waals surface area contributed by atoms with Gasteiger partial charge >= 0.3 is 6.36 Å². The summed E-state index contributed by atoms with van der Waals surface area (Å²) in [5.41, 5.74) is 3.41. The van der Waals surface area contributed by atoms with Crippen LogP contribution in [0.4, 0.5) is 13.2 Å². The van der Waals surface area contributed by atoms with Crippen LogP contribution < -0.4 is 10.1 Å². The van der Waals surface area contributed by atoms with Crippen LogP contribution in [0.5, 0.6) is 11.5 Å². The average Bonchev–Trinajstić information content (AvgIpc) is 3.28. The van der Waals surface area contributed by atoms with Crippen LogP contribution in [0.15, 0.2) is 67.0 Å². The number of nitrogens with one attached hydrogen (secondary N) is 2. The first-order chi connectivity index (χ1) is 17.0. The summed E-state index contributed by atoms with van der Waals surface area (Å²) in [4.78, 5) is 12.4. The van der Waals surface area contributed by atoms with E-state index in [1.807, 2.05) is 26.0 Å². The molecule has 2 aromatic heterocycles. The summed E-state index contributed by atoms with van der Waals surface area (Å²) in [6.45, 7) is 5.03. The van der Waals surface area contributed by atoms with Gasteiger partial charge in [0.05, 0.1) is 16.4 Å². The molecule has 0 fully saturated rings. The molecule has 0 bridgehead atoms.